The lowest BCUT2D eigenvalue weighted by atomic mass is 9.94. The summed E-state index contributed by atoms with van der Waals surface area (Å²) in [4.78, 5) is 20.3. The monoisotopic (exact) mass is 379 g/mol. The van der Waals surface area contributed by atoms with Crippen LogP contribution in [0.15, 0.2) is 37.9 Å². The largest absolute Gasteiger partial charge is 0.444 e. The Kier molecular flexibility index (Phi) is 5.09. The molecule has 0 spiro atoms. The van der Waals surface area contributed by atoms with Crippen LogP contribution in [0.1, 0.15) is 32.4 Å². The third-order valence-corrected chi connectivity index (χ3v) is 5.11. The maximum absolute atomic E-state index is 11.8. The Bertz CT molecular complexity index is 836. The van der Waals surface area contributed by atoms with Crippen molar-refractivity contribution in [1.82, 2.24) is 15.1 Å². The lowest BCUT2D eigenvalue weighted by Gasteiger charge is -2.12. The van der Waals surface area contributed by atoms with E-state index < -0.39 is 6.03 Å². The first-order chi connectivity index (χ1) is 11.9. The number of thiazole rings is 1. The maximum atomic E-state index is 11.8. The number of aromatic nitrogens is 3. The van der Waals surface area contributed by atoms with Crippen molar-refractivity contribution in [3.05, 3.63) is 36.4 Å². The Balaban J connectivity index is 1.51. The van der Waals surface area contributed by atoms with Crippen molar-refractivity contribution in [2.24, 2.45) is 0 Å². The van der Waals surface area contributed by atoms with Crippen molar-refractivity contribution in [3.63, 3.8) is 0 Å². The summed E-state index contributed by atoms with van der Waals surface area (Å²) in [6.07, 6.45) is 4.85. The highest BCUT2D eigenvalue weighted by atomic mass is 32.2. The molecule has 0 radical (unpaired) electrons. The van der Waals surface area contributed by atoms with E-state index in [1.165, 1.54) is 17.6 Å². The highest BCUT2D eigenvalue weighted by Gasteiger charge is 2.19. The van der Waals surface area contributed by atoms with E-state index in [2.05, 4.69) is 51.1 Å². The number of carbonyl (C=O) groups excluding carboxylic acids is 1. The molecule has 0 fully saturated rings. The first-order valence-corrected chi connectivity index (χ1v) is 9.22. The van der Waals surface area contributed by atoms with Gasteiger partial charge >= 0.3 is 6.03 Å². The fourth-order valence-electron chi connectivity index (χ4n) is 1.76. The quantitative estimate of drug-likeness (QED) is 0.635. The molecule has 0 aromatic carbocycles. The Morgan fingerprint density at radius 1 is 1.28 bits per heavy atom. The Labute approximate surface area is 152 Å². The summed E-state index contributed by atoms with van der Waals surface area (Å²) in [7, 11) is 0. The van der Waals surface area contributed by atoms with Gasteiger partial charge in [0.05, 0.1) is 22.4 Å². The maximum Gasteiger partial charge on any atom is 0.326 e. The standard InChI is InChI=1S/C15H17N5O3S2/c1-15(2,3)9-6-16-11(23-9)8-24-12-7-17-14(25-12)19-13(21)18-10-4-5-22-20-10/h4-7H,8H2,1-3H3,(H2,17,18,19,20,21). The van der Waals surface area contributed by atoms with E-state index in [1.807, 2.05) is 0 Å². The van der Waals surface area contributed by atoms with E-state index in [0.29, 0.717) is 22.6 Å². The molecule has 3 rings (SSSR count). The normalized spacial score (nSPS) is 11.5. The second kappa shape index (κ2) is 7.28. The molecule has 2 amide bonds. The van der Waals surface area contributed by atoms with Gasteiger partial charge in [-0.2, -0.15) is 0 Å². The van der Waals surface area contributed by atoms with Crippen LogP contribution in [0.25, 0.3) is 0 Å². The first-order valence-electron chi connectivity index (χ1n) is 7.42. The van der Waals surface area contributed by atoms with Crippen LogP contribution in [0, 0.1) is 0 Å². The minimum absolute atomic E-state index is 0.0608. The van der Waals surface area contributed by atoms with Crippen LogP contribution in [0.4, 0.5) is 15.7 Å². The average Bonchev–Trinajstić information content (AvgIpc) is 3.25. The lowest BCUT2D eigenvalue weighted by Crippen LogP contribution is -2.19. The summed E-state index contributed by atoms with van der Waals surface area (Å²) in [5.74, 6) is 2.46. The number of urea groups is 1. The van der Waals surface area contributed by atoms with E-state index in [9.17, 15) is 4.79 Å². The van der Waals surface area contributed by atoms with Gasteiger partial charge in [0.1, 0.15) is 12.0 Å². The number of carbonyl (C=O) groups is 1. The number of nitrogens with zero attached hydrogens (tertiary/aromatic N) is 3. The number of oxazole rings is 1. The van der Waals surface area contributed by atoms with Gasteiger partial charge < -0.3 is 8.94 Å². The number of hydrogen-bond donors (Lipinski definition) is 2. The molecule has 0 atom stereocenters. The molecule has 8 nitrogen and oxygen atoms in total. The summed E-state index contributed by atoms with van der Waals surface area (Å²) in [6, 6.07) is 1.12. The fraction of sp³-hybridized carbons (Fsp3) is 0.333. The van der Waals surface area contributed by atoms with Crippen LogP contribution in [-0.2, 0) is 11.2 Å². The molecule has 2 N–H and O–H groups in total. The summed E-state index contributed by atoms with van der Waals surface area (Å²) in [6.45, 7) is 6.24. The van der Waals surface area contributed by atoms with Crippen molar-refractivity contribution < 1.29 is 13.7 Å². The van der Waals surface area contributed by atoms with Gasteiger partial charge in [0.15, 0.2) is 10.9 Å². The molecule has 3 heterocycles. The molecule has 25 heavy (non-hydrogen) atoms. The molecule has 0 unspecified atom stereocenters. The molecule has 10 heteroatoms. The molecule has 0 saturated heterocycles. The predicted molar refractivity (Wildman–Crippen MR) is 96.0 cm³/mol. The van der Waals surface area contributed by atoms with Gasteiger partial charge in [-0.25, -0.2) is 14.8 Å². The van der Waals surface area contributed by atoms with Crippen molar-refractivity contribution in [2.75, 3.05) is 10.6 Å². The van der Waals surface area contributed by atoms with Crippen LogP contribution in [0.5, 0.6) is 0 Å². The van der Waals surface area contributed by atoms with E-state index in [1.54, 1.807) is 30.2 Å². The van der Waals surface area contributed by atoms with Crippen molar-refractivity contribution in [1.29, 1.82) is 0 Å². The smallest absolute Gasteiger partial charge is 0.326 e. The molecule has 0 bridgehead atoms. The van der Waals surface area contributed by atoms with Gasteiger partial charge in [-0.15, -0.1) is 11.8 Å². The molecule has 3 aromatic rings. The summed E-state index contributed by atoms with van der Waals surface area (Å²) in [5.41, 5.74) is -0.0608. The molecular weight excluding hydrogens is 362 g/mol. The molecular formula is C15H17N5O3S2. The van der Waals surface area contributed by atoms with Gasteiger partial charge in [-0.05, 0) is 0 Å². The van der Waals surface area contributed by atoms with Gasteiger partial charge in [0, 0.05) is 11.5 Å². The summed E-state index contributed by atoms with van der Waals surface area (Å²) < 4.78 is 11.4. The van der Waals surface area contributed by atoms with E-state index >= 15 is 0 Å². The Hall–Kier alpha value is -2.33. The number of thioether (sulfide) groups is 1. The molecule has 0 aliphatic rings. The van der Waals surface area contributed by atoms with Crippen LogP contribution in [-0.4, -0.2) is 21.2 Å². The zero-order chi connectivity index (χ0) is 17.9. The SMILES string of the molecule is CC(C)(C)c1cnc(CSc2cnc(NC(=O)Nc3ccon3)s2)o1. The zero-order valence-electron chi connectivity index (χ0n) is 13.9. The first kappa shape index (κ1) is 17.5. The number of rotatable bonds is 5. The third kappa shape index (κ3) is 4.83. The molecule has 0 aliphatic heterocycles. The predicted octanol–water partition coefficient (Wildman–Crippen LogP) is 4.35. The number of nitrogens with one attached hydrogen (secondary N) is 2. The Morgan fingerprint density at radius 3 is 2.80 bits per heavy atom. The summed E-state index contributed by atoms with van der Waals surface area (Å²) >= 11 is 2.92. The van der Waals surface area contributed by atoms with Crippen molar-refractivity contribution in [3.8, 4) is 0 Å². The fourth-order valence-corrected chi connectivity index (χ4v) is 3.48. The van der Waals surface area contributed by atoms with Gasteiger partial charge in [-0.1, -0.05) is 37.3 Å². The van der Waals surface area contributed by atoms with E-state index in [4.69, 9.17) is 4.42 Å². The van der Waals surface area contributed by atoms with Gasteiger partial charge in [-0.3, -0.25) is 10.6 Å². The van der Waals surface area contributed by atoms with Crippen LogP contribution < -0.4 is 10.6 Å². The molecule has 3 aromatic heterocycles. The third-order valence-electron chi connectivity index (χ3n) is 3.02. The number of amides is 2. The Morgan fingerprint density at radius 2 is 2.12 bits per heavy atom. The minimum Gasteiger partial charge on any atom is -0.444 e. The minimum atomic E-state index is -0.428. The second-order valence-corrected chi connectivity index (χ2v) is 8.41. The summed E-state index contributed by atoms with van der Waals surface area (Å²) in [5, 5.41) is 9.27. The van der Waals surface area contributed by atoms with Gasteiger partial charge in [0.2, 0.25) is 5.89 Å². The number of anilines is 2. The van der Waals surface area contributed by atoms with E-state index in [-0.39, 0.29) is 5.41 Å². The average molecular weight is 379 g/mol. The molecule has 132 valence electrons. The lowest BCUT2D eigenvalue weighted by molar-refractivity contribution is 0.262. The highest BCUT2D eigenvalue weighted by Crippen LogP contribution is 2.31. The topological polar surface area (TPSA) is 106 Å². The van der Waals surface area contributed by atoms with E-state index in [0.717, 1.165) is 9.97 Å². The number of hydrogen-bond acceptors (Lipinski definition) is 8. The van der Waals surface area contributed by atoms with Crippen LogP contribution in [0.3, 0.4) is 0 Å². The second-order valence-electron chi connectivity index (χ2n) is 6.11. The molecule has 0 aliphatic carbocycles. The molecule has 0 saturated carbocycles. The highest BCUT2D eigenvalue weighted by molar-refractivity contribution is 8.00. The van der Waals surface area contributed by atoms with Crippen LogP contribution in [0.2, 0.25) is 0 Å². The van der Waals surface area contributed by atoms with Crippen molar-refractivity contribution in [2.45, 2.75) is 36.1 Å². The van der Waals surface area contributed by atoms with Crippen LogP contribution >= 0.6 is 23.1 Å². The van der Waals surface area contributed by atoms with Gasteiger partial charge in [0.25, 0.3) is 0 Å². The van der Waals surface area contributed by atoms with Crippen molar-refractivity contribution >= 4 is 40.1 Å². The zero-order valence-corrected chi connectivity index (χ0v) is 15.5.